The summed E-state index contributed by atoms with van der Waals surface area (Å²) in [6.45, 7) is 1.64. The summed E-state index contributed by atoms with van der Waals surface area (Å²) < 4.78 is 28.3. The third-order valence-corrected chi connectivity index (χ3v) is 4.90. The van der Waals surface area contributed by atoms with Gasteiger partial charge in [0.15, 0.2) is 5.75 Å². The molecule has 9 nitrogen and oxygen atoms in total. The highest BCUT2D eigenvalue weighted by Crippen LogP contribution is 2.32. The van der Waals surface area contributed by atoms with Crippen LogP contribution >= 0.6 is 0 Å². The molecule has 0 saturated heterocycles. The zero-order valence-corrected chi connectivity index (χ0v) is 18.9. The molecule has 1 amide bonds. The third kappa shape index (κ3) is 5.65. The van der Waals surface area contributed by atoms with Crippen LogP contribution in [0.5, 0.6) is 5.75 Å². The van der Waals surface area contributed by atoms with Crippen molar-refractivity contribution in [2.24, 2.45) is 0 Å². The molecule has 0 atom stereocenters. The number of hydrogen-bond acceptors (Lipinski definition) is 8. The minimum absolute atomic E-state index is 0.0202. The Hall–Kier alpha value is -4.05. The standard InChI is InChI=1S/C24H24FN3O6/c1-4-34-20(29)13-27-28-23(30)18-11-19(24(31)33-3)22(32-2)21-17(18)10-15(12-26-21)9-14-5-7-16(25)8-6-14/h5-8,10-12,27H,4,9,13H2,1-3H3,(H,28,30). The van der Waals surface area contributed by atoms with Crippen LogP contribution in [0.1, 0.15) is 38.8 Å². The van der Waals surface area contributed by atoms with Gasteiger partial charge in [0, 0.05) is 11.6 Å². The number of pyridine rings is 1. The van der Waals surface area contributed by atoms with E-state index in [1.165, 1.54) is 32.4 Å². The summed E-state index contributed by atoms with van der Waals surface area (Å²) in [5.74, 6) is -2.03. The van der Waals surface area contributed by atoms with E-state index in [0.717, 1.165) is 11.1 Å². The fraction of sp³-hybridized carbons (Fsp3) is 0.250. The highest BCUT2D eigenvalue weighted by atomic mass is 19.1. The van der Waals surface area contributed by atoms with Crippen LogP contribution in [0.25, 0.3) is 10.9 Å². The SMILES string of the molecule is CCOC(=O)CNNC(=O)c1cc(C(=O)OC)c(OC)c2ncc(Cc3ccc(F)cc3)cc12. The summed E-state index contributed by atoms with van der Waals surface area (Å²) in [6, 6.07) is 9.14. The summed E-state index contributed by atoms with van der Waals surface area (Å²) in [5.41, 5.74) is 6.95. The smallest absolute Gasteiger partial charge is 0.341 e. The van der Waals surface area contributed by atoms with Crippen LogP contribution in [-0.4, -0.2) is 50.2 Å². The second kappa shape index (κ2) is 11.2. The number of carbonyl (C=O) groups is 3. The highest BCUT2D eigenvalue weighted by molar-refractivity contribution is 6.11. The molecule has 0 aliphatic rings. The molecule has 0 saturated carbocycles. The maximum absolute atomic E-state index is 13.2. The number of halogens is 1. The predicted molar refractivity (Wildman–Crippen MR) is 121 cm³/mol. The van der Waals surface area contributed by atoms with Crippen LogP contribution in [0, 0.1) is 5.82 Å². The van der Waals surface area contributed by atoms with Crippen molar-refractivity contribution in [1.82, 2.24) is 15.8 Å². The molecule has 0 spiro atoms. The number of fused-ring (bicyclic) bond motifs is 1. The van der Waals surface area contributed by atoms with Gasteiger partial charge in [-0.3, -0.25) is 20.0 Å². The fourth-order valence-electron chi connectivity index (χ4n) is 3.38. The predicted octanol–water partition coefficient (Wildman–Crippen LogP) is 2.56. The Labute approximate surface area is 195 Å². The number of nitrogens with one attached hydrogen (secondary N) is 2. The van der Waals surface area contributed by atoms with Gasteiger partial charge in [-0.1, -0.05) is 12.1 Å². The largest absolute Gasteiger partial charge is 0.494 e. The maximum atomic E-state index is 13.2. The quantitative estimate of drug-likeness (QED) is 0.363. The zero-order valence-electron chi connectivity index (χ0n) is 18.9. The summed E-state index contributed by atoms with van der Waals surface area (Å²) in [4.78, 5) is 41.3. The summed E-state index contributed by atoms with van der Waals surface area (Å²) in [7, 11) is 2.60. The van der Waals surface area contributed by atoms with E-state index in [0.29, 0.717) is 11.8 Å². The number of carbonyl (C=O) groups excluding carboxylic acids is 3. The molecule has 3 rings (SSSR count). The van der Waals surface area contributed by atoms with E-state index in [2.05, 4.69) is 15.8 Å². The normalized spacial score (nSPS) is 10.6. The van der Waals surface area contributed by atoms with Crippen LogP contribution in [0.4, 0.5) is 4.39 Å². The minimum atomic E-state index is -0.704. The van der Waals surface area contributed by atoms with E-state index >= 15 is 0 Å². The molecule has 1 aromatic heterocycles. The van der Waals surface area contributed by atoms with Gasteiger partial charge in [-0.25, -0.2) is 14.6 Å². The Kier molecular flexibility index (Phi) is 8.10. The van der Waals surface area contributed by atoms with Crippen molar-refractivity contribution < 1.29 is 33.0 Å². The van der Waals surface area contributed by atoms with E-state index in [4.69, 9.17) is 14.2 Å². The number of hydrazine groups is 1. The molecule has 0 aliphatic carbocycles. The van der Waals surface area contributed by atoms with Crippen molar-refractivity contribution in [3.63, 3.8) is 0 Å². The average molecular weight is 469 g/mol. The molecule has 3 aromatic rings. The zero-order chi connectivity index (χ0) is 24.7. The minimum Gasteiger partial charge on any atom is -0.494 e. The van der Waals surface area contributed by atoms with E-state index in [-0.39, 0.29) is 41.4 Å². The van der Waals surface area contributed by atoms with Gasteiger partial charge in [-0.15, -0.1) is 0 Å². The van der Waals surface area contributed by atoms with Gasteiger partial charge in [0.25, 0.3) is 5.91 Å². The van der Waals surface area contributed by atoms with Crippen LogP contribution < -0.4 is 15.6 Å². The Bertz CT molecular complexity index is 1210. The molecular formula is C24H24FN3O6. The van der Waals surface area contributed by atoms with Gasteiger partial charge in [0.1, 0.15) is 23.4 Å². The lowest BCUT2D eigenvalue weighted by Crippen LogP contribution is -2.41. The summed E-state index contributed by atoms with van der Waals surface area (Å²) >= 11 is 0. The Morgan fingerprint density at radius 1 is 1.03 bits per heavy atom. The first-order valence-corrected chi connectivity index (χ1v) is 10.4. The second-order valence-electron chi connectivity index (χ2n) is 7.15. The van der Waals surface area contributed by atoms with Crippen molar-refractivity contribution >= 4 is 28.7 Å². The van der Waals surface area contributed by atoms with Gasteiger partial charge in [0.05, 0.1) is 26.4 Å². The van der Waals surface area contributed by atoms with E-state index in [9.17, 15) is 18.8 Å². The number of esters is 2. The van der Waals surface area contributed by atoms with Crippen molar-refractivity contribution in [1.29, 1.82) is 0 Å². The van der Waals surface area contributed by atoms with Crippen LogP contribution in [0.3, 0.4) is 0 Å². The number of benzene rings is 2. The van der Waals surface area contributed by atoms with Crippen LogP contribution in [0.2, 0.25) is 0 Å². The number of ether oxygens (including phenoxy) is 3. The molecule has 0 bridgehead atoms. The van der Waals surface area contributed by atoms with E-state index in [1.54, 1.807) is 31.3 Å². The lowest BCUT2D eigenvalue weighted by Gasteiger charge is -2.15. The molecule has 0 unspecified atom stereocenters. The third-order valence-electron chi connectivity index (χ3n) is 4.90. The monoisotopic (exact) mass is 469 g/mol. The van der Waals surface area contributed by atoms with Crippen molar-refractivity contribution in [3.8, 4) is 5.75 Å². The fourth-order valence-corrected chi connectivity index (χ4v) is 3.38. The Balaban J connectivity index is 2.03. The number of amides is 1. The highest BCUT2D eigenvalue weighted by Gasteiger charge is 2.23. The lowest BCUT2D eigenvalue weighted by molar-refractivity contribution is -0.142. The molecule has 1 heterocycles. The number of rotatable bonds is 9. The van der Waals surface area contributed by atoms with E-state index in [1.807, 2.05) is 0 Å². The van der Waals surface area contributed by atoms with Gasteiger partial charge in [0.2, 0.25) is 0 Å². The van der Waals surface area contributed by atoms with Crippen LogP contribution in [-0.2, 0) is 20.7 Å². The second-order valence-corrected chi connectivity index (χ2v) is 7.15. The maximum Gasteiger partial charge on any atom is 0.341 e. The van der Waals surface area contributed by atoms with Gasteiger partial charge in [-0.05, 0) is 48.7 Å². The summed E-state index contributed by atoms with van der Waals surface area (Å²) in [6.07, 6.45) is 2.03. The molecule has 10 heteroatoms. The van der Waals surface area contributed by atoms with Gasteiger partial charge in [-0.2, -0.15) is 0 Å². The molecular weight excluding hydrogens is 445 g/mol. The number of methoxy groups -OCH3 is 2. The first kappa shape index (κ1) is 24.6. The summed E-state index contributed by atoms with van der Waals surface area (Å²) in [5, 5.41) is 0.416. The molecule has 0 aliphatic heterocycles. The molecule has 0 fully saturated rings. The number of aromatic nitrogens is 1. The molecule has 34 heavy (non-hydrogen) atoms. The van der Waals surface area contributed by atoms with Crippen LogP contribution in [0.15, 0.2) is 42.6 Å². The van der Waals surface area contributed by atoms with Gasteiger partial charge >= 0.3 is 11.9 Å². The number of hydrogen-bond donors (Lipinski definition) is 2. The van der Waals surface area contributed by atoms with Crippen molar-refractivity contribution in [3.05, 3.63) is 70.7 Å². The molecule has 2 N–H and O–H groups in total. The van der Waals surface area contributed by atoms with Gasteiger partial charge < -0.3 is 14.2 Å². The Morgan fingerprint density at radius 2 is 1.76 bits per heavy atom. The molecule has 2 aromatic carbocycles. The number of nitrogens with zero attached hydrogens (tertiary/aromatic N) is 1. The topological polar surface area (TPSA) is 116 Å². The Morgan fingerprint density at radius 3 is 2.41 bits per heavy atom. The first-order chi connectivity index (χ1) is 16.4. The average Bonchev–Trinajstić information content (AvgIpc) is 2.83. The first-order valence-electron chi connectivity index (χ1n) is 10.4. The lowest BCUT2D eigenvalue weighted by atomic mass is 9.99. The van der Waals surface area contributed by atoms with Crippen molar-refractivity contribution in [2.45, 2.75) is 13.3 Å². The molecule has 178 valence electrons. The van der Waals surface area contributed by atoms with E-state index < -0.39 is 17.8 Å². The van der Waals surface area contributed by atoms with Crippen molar-refractivity contribution in [2.75, 3.05) is 27.4 Å². The molecule has 0 radical (unpaired) electrons.